The molecule has 0 aliphatic rings. The van der Waals surface area contributed by atoms with Gasteiger partial charge in [0.05, 0.1) is 6.42 Å². The zero-order valence-corrected chi connectivity index (χ0v) is 11.5. The molecular weight excluding hydrogens is 317 g/mol. The first kappa shape index (κ1) is 13.7. The van der Waals surface area contributed by atoms with Crippen molar-refractivity contribution in [2.24, 2.45) is 5.73 Å². The van der Waals surface area contributed by atoms with Crippen LogP contribution in [-0.4, -0.2) is 16.0 Å². The third-order valence-corrected chi connectivity index (χ3v) is 3.20. The smallest absolute Gasteiger partial charge is 0.231 e. The number of amides is 1. The van der Waals surface area contributed by atoms with Crippen LogP contribution >= 0.6 is 15.9 Å². The van der Waals surface area contributed by atoms with Crippen molar-refractivity contribution in [2.45, 2.75) is 19.3 Å². The van der Waals surface area contributed by atoms with E-state index in [4.69, 9.17) is 10.3 Å². The van der Waals surface area contributed by atoms with E-state index in [9.17, 15) is 9.18 Å². The van der Waals surface area contributed by atoms with Crippen molar-refractivity contribution < 1.29 is 13.7 Å². The van der Waals surface area contributed by atoms with E-state index >= 15 is 0 Å². The first-order valence-electron chi connectivity index (χ1n) is 5.58. The molecule has 0 spiro atoms. The summed E-state index contributed by atoms with van der Waals surface area (Å²) in [6.07, 6.45) is 0.924. The van der Waals surface area contributed by atoms with Crippen LogP contribution in [-0.2, 0) is 17.6 Å². The number of aromatic nitrogens is 2. The van der Waals surface area contributed by atoms with Crippen LogP contribution in [0.2, 0.25) is 0 Å². The van der Waals surface area contributed by atoms with E-state index in [2.05, 4.69) is 26.1 Å². The van der Waals surface area contributed by atoms with Crippen molar-refractivity contribution >= 4 is 21.8 Å². The maximum atomic E-state index is 12.9. The molecule has 0 atom stereocenters. The molecule has 1 aromatic heterocycles. The molecule has 0 saturated heterocycles. The summed E-state index contributed by atoms with van der Waals surface area (Å²) >= 11 is 3.27. The molecule has 1 heterocycles. The number of nitrogens with zero attached hydrogens (tertiary/aromatic N) is 2. The summed E-state index contributed by atoms with van der Waals surface area (Å²) in [4.78, 5) is 14.8. The first-order chi connectivity index (χ1) is 9.04. The SMILES string of the molecule is NC(=O)CCc1noc(Cc2ccc(F)cc2Br)n1. The molecule has 0 bridgehead atoms. The van der Waals surface area contributed by atoms with Gasteiger partial charge in [-0.2, -0.15) is 4.98 Å². The number of hydrogen-bond donors (Lipinski definition) is 1. The number of rotatable bonds is 5. The number of benzene rings is 1. The van der Waals surface area contributed by atoms with Crippen LogP contribution in [0.25, 0.3) is 0 Å². The summed E-state index contributed by atoms with van der Waals surface area (Å²) in [5.41, 5.74) is 5.88. The Morgan fingerprint density at radius 1 is 1.47 bits per heavy atom. The Morgan fingerprint density at radius 2 is 2.26 bits per heavy atom. The van der Waals surface area contributed by atoms with Gasteiger partial charge in [0, 0.05) is 17.3 Å². The molecule has 19 heavy (non-hydrogen) atoms. The molecule has 0 unspecified atom stereocenters. The fraction of sp³-hybridized carbons (Fsp3) is 0.250. The van der Waals surface area contributed by atoms with E-state index in [1.807, 2.05) is 0 Å². The number of nitrogens with two attached hydrogens (primary N) is 1. The van der Waals surface area contributed by atoms with Crippen LogP contribution < -0.4 is 5.73 Å². The number of hydrogen-bond acceptors (Lipinski definition) is 4. The van der Waals surface area contributed by atoms with E-state index in [-0.39, 0.29) is 12.2 Å². The van der Waals surface area contributed by atoms with Crippen molar-refractivity contribution in [2.75, 3.05) is 0 Å². The number of halogens is 2. The predicted molar refractivity (Wildman–Crippen MR) is 68.7 cm³/mol. The fourth-order valence-corrected chi connectivity index (χ4v) is 2.02. The van der Waals surface area contributed by atoms with Crippen LogP contribution in [0.4, 0.5) is 4.39 Å². The first-order valence-corrected chi connectivity index (χ1v) is 6.37. The van der Waals surface area contributed by atoms with Crippen LogP contribution in [0, 0.1) is 5.82 Å². The van der Waals surface area contributed by atoms with Crippen molar-refractivity contribution in [1.82, 2.24) is 10.1 Å². The van der Waals surface area contributed by atoms with E-state index in [0.29, 0.717) is 29.0 Å². The molecule has 0 radical (unpaired) electrons. The van der Waals surface area contributed by atoms with Crippen LogP contribution in [0.5, 0.6) is 0 Å². The summed E-state index contributed by atoms with van der Waals surface area (Å²) < 4.78 is 18.6. The van der Waals surface area contributed by atoms with Crippen LogP contribution in [0.1, 0.15) is 23.7 Å². The Morgan fingerprint density at radius 3 is 2.95 bits per heavy atom. The summed E-state index contributed by atoms with van der Waals surface area (Å²) in [5, 5.41) is 3.75. The molecule has 2 N–H and O–H groups in total. The predicted octanol–water partition coefficient (Wildman–Crippen LogP) is 1.98. The fourth-order valence-electron chi connectivity index (χ4n) is 1.53. The molecule has 1 aromatic carbocycles. The quantitative estimate of drug-likeness (QED) is 0.910. The highest BCUT2D eigenvalue weighted by Crippen LogP contribution is 2.20. The second-order valence-electron chi connectivity index (χ2n) is 3.98. The van der Waals surface area contributed by atoms with Gasteiger partial charge in [0.15, 0.2) is 5.82 Å². The maximum Gasteiger partial charge on any atom is 0.231 e. The highest BCUT2D eigenvalue weighted by Gasteiger charge is 2.10. The van der Waals surface area contributed by atoms with Gasteiger partial charge in [0.2, 0.25) is 11.8 Å². The van der Waals surface area contributed by atoms with Gasteiger partial charge in [-0.25, -0.2) is 4.39 Å². The molecule has 2 rings (SSSR count). The average Bonchev–Trinajstić information content (AvgIpc) is 2.78. The van der Waals surface area contributed by atoms with Gasteiger partial charge in [-0.05, 0) is 17.7 Å². The molecule has 0 saturated carbocycles. The van der Waals surface area contributed by atoms with E-state index in [1.165, 1.54) is 12.1 Å². The molecule has 0 fully saturated rings. The van der Waals surface area contributed by atoms with Crippen LogP contribution in [0.15, 0.2) is 27.2 Å². The standard InChI is InChI=1S/C12H11BrFN3O2/c13-9-6-8(14)2-1-7(9)5-12-16-11(17-19-12)4-3-10(15)18/h1-2,6H,3-5H2,(H2,15,18). The van der Waals surface area contributed by atoms with E-state index in [1.54, 1.807) is 6.07 Å². The number of aryl methyl sites for hydroxylation is 1. The zero-order valence-electron chi connectivity index (χ0n) is 9.90. The summed E-state index contributed by atoms with van der Waals surface area (Å²) in [5.74, 6) is 0.120. The second kappa shape index (κ2) is 5.92. The number of carbonyl (C=O) groups is 1. The second-order valence-corrected chi connectivity index (χ2v) is 4.84. The highest BCUT2D eigenvalue weighted by atomic mass is 79.9. The number of carbonyl (C=O) groups excluding carboxylic acids is 1. The van der Waals surface area contributed by atoms with Crippen LogP contribution in [0.3, 0.4) is 0 Å². The average molecular weight is 328 g/mol. The lowest BCUT2D eigenvalue weighted by Crippen LogP contribution is -2.11. The van der Waals surface area contributed by atoms with Gasteiger partial charge in [-0.3, -0.25) is 4.79 Å². The Hall–Kier alpha value is -1.76. The molecule has 1 amide bonds. The minimum absolute atomic E-state index is 0.180. The van der Waals surface area contributed by atoms with Crippen molar-refractivity contribution in [3.63, 3.8) is 0 Å². The Kier molecular flexibility index (Phi) is 4.26. The lowest BCUT2D eigenvalue weighted by Gasteiger charge is -2.00. The summed E-state index contributed by atoms with van der Waals surface area (Å²) in [6, 6.07) is 4.39. The van der Waals surface area contributed by atoms with Gasteiger partial charge in [-0.1, -0.05) is 27.2 Å². The Bertz CT molecular complexity index is 600. The van der Waals surface area contributed by atoms with Gasteiger partial charge in [-0.15, -0.1) is 0 Å². The number of primary amides is 1. The molecule has 0 aliphatic heterocycles. The lowest BCUT2D eigenvalue weighted by molar-refractivity contribution is -0.118. The van der Waals surface area contributed by atoms with Crippen molar-refractivity contribution in [3.8, 4) is 0 Å². The monoisotopic (exact) mass is 327 g/mol. The van der Waals surface area contributed by atoms with Gasteiger partial charge in [0.25, 0.3) is 0 Å². The topological polar surface area (TPSA) is 82.0 Å². The third kappa shape index (κ3) is 3.85. The minimum Gasteiger partial charge on any atom is -0.370 e. The van der Waals surface area contributed by atoms with Gasteiger partial charge in [0.1, 0.15) is 5.82 Å². The molecular formula is C12H11BrFN3O2. The Balaban J connectivity index is 2.05. The summed E-state index contributed by atoms with van der Waals surface area (Å²) in [6.45, 7) is 0. The largest absolute Gasteiger partial charge is 0.370 e. The maximum absolute atomic E-state index is 12.9. The van der Waals surface area contributed by atoms with E-state index in [0.717, 1.165) is 5.56 Å². The van der Waals surface area contributed by atoms with Crippen molar-refractivity contribution in [1.29, 1.82) is 0 Å². The van der Waals surface area contributed by atoms with Gasteiger partial charge < -0.3 is 10.3 Å². The molecule has 100 valence electrons. The lowest BCUT2D eigenvalue weighted by atomic mass is 10.1. The third-order valence-electron chi connectivity index (χ3n) is 2.46. The summed E-state index contributed by atoms with van der Waals surface area (Å²) in [7, 11) is 0. The van der Waals surface area contributed by atoms with Gasteiger partial charge >= 0.3 is 0 Å². The molecule has 7 heteroatoms. The van der Waals surface area contributed by atoms with Crippen molar-refractivity contribution in [3.05, 3.63) is 45.8 Å². The Labute approximate surface area is 117 Å². The normalized spacial score (nSPS) is 10.6. The minimum atomic E-state index is -0.410. The molecule has 2 aromatic rings. The zero-order chi connectivity index (χ0) is 13.8. The molecule has 5 nitrogen and oxygen atoms in total. The highest BCUT2D eigenvalue weighted by molar-refractivity contribution is 9.10. The molecule has 0 aliphatic carbocycles. The van der Waals surface area contributed by atoms with E-state index < -0.39 is 5.91 Å².